The average molecular weight is 439 g/mol. The molecule has 32 heavy (non-hydrogen) atoms. The van der Waals surface area contributed by atoms with Crippen LogP contribution in [0.2, 0.25) is 0 Å². The second kappa shape index (κ2) is 13.0. The molecule has 170 valence electrons. The highest BCUT2D eigenvalue weighted by Crippen LogP contribution is 2.13. The van der Waals surface area contributed by atoms with Crippen molar-refractivity contribution in [3.05, 3.63) is 71.8 Å². The summed E-state index contributed by atoms with van der Waals surface area (Å²) in [5.41, 5.74) is 1.53. The Morgan fingerprint density at radius 2 is 1.50 bits per heavy atom. The maximum absolute atomic E-state index is 12.8. The standard InChI is InChI=1S/C24H30N4O4/c1-3-10-19(25-2)22(30)24(32)27-16-20(29)28-21(18-13-8-5-9-14-18)23(31)26-15-17-11-6-4-7-12-17/h4-9,11-14,19,21,25H,3,10,15-16H2,1-2H3,(H,26,31)(H,27,32)(H,28,29). The van der Waals surface area contributed by atoms with Gasteiger partial charge in [-0.3, -0.25) is 19.2 Å². The number of hydrogen-bond acceptors (Lipinski definition) is 5. The lowest BCUT2D eigenvalue weighted by atomic mass is 10.1. The summed E-state index contributed by atoms with van der Waals surface area (Å²) < 4.78 is 0. The molecular weight excluding hydrogens is 408 g/mol. The van der Waals surface area contributed by atoms with Crippen molar-refractivity contribution in [3.63, 3.8) is 0 Å². The first kappa shape index (κ1) is 24.7. The van der Waals surface area contributed by atoms with Crippen molar-refractivity contribution in [2.75, 3.05) is 13.6 Å². The van der Waals surface area contributed by atoms with E-state index in [1.807, 2.05) is 43.3 Å². The molecule has 8 nitrogen and oxygen atoms in total. The number of amides is 3. The molecule has 4 N–H and O–H groups in total. The molecule has 2 atom stereocenters. The van der Waals surface area contributed by atoms with E-state index in [1.54, 1.807) is 31.3 Å². The summed E-state index contributed by atoms with van der Waals surface area (Å²) in [6.07, 6.45) is 1.26. The normalized spacial score (nSPS) is 12.3. The Balaban J connectivity index is 1.98. The van der Waals surface area contributed by atoms with Gasteiger partial charge in [-0.25, -0.2) is 0 Å². The van der Waals surface area contributed by atoms with Gasteiger partial charge in [-0.15, -0.1) is 0 Å². The van der Waals surface area contributed by atoms with Gasteiger partial charge < -0.3 is 21.3 Å². The predicted molar refractivity (Wildman–Crippen MR) is 121 cm³/mol. The molecule has 0 saturated carbocycles. The maximum atomic E-state index is 12.8. The van der Waals surface area contributed by atoms with Crippen LogP contribution in [-0.2, 0) is 25.7 Å². The molecule has 0 fully saturated rings. The zero-order chi connectivity index (χ0) is 23.3. The van der Waals surface area contributed by atoms with Gasteiger partial charge in [0.1, 0.15) is 6.04 Å². The largest absolute Gasteiger partial charge is 0.350 e. The molecular formula is C24H30N4O4. The van der Waals surface area contributed by atoms with E-state index in [4.69, 9.17) is 0 Å². The summed E-state index contributed by atoms with van der Waals surface area (Å²) >= 11 is 0. The van der Waals surface area contributed by atoms with Crippen LogP contribution in [0.15, 0.2) is 60.7 Å². The van der Waals surface area contributed by atoms with E-state index in [-0.39, 0.29) is 5.91 Å². The fraction of sp³-hybridized carbons (Fsp3) is 0.333. The smallest absolute Gasteiger partial charge is 0.289 e. The van der Waals surface area contributed by atoms with Crippen molar-refractivity contribution >= 4 is 23.5 Å². The van der Waals surface area contributed by atoms with Gasteiger partial charge in [-0.05, 0) is 24.6 Å². The number of ketones is 1. The van der Waals surface area contributed by atoms with Crippen LogP contribution >= 0.6 is 0 Å². The molecule has 8 heteroatoms. The van der Waals surface area contributed by atoms with E-state index in [0.717, 1.165) is 12.0 Å². The minimum absolute atomic E-state index is 0.312. The molecule has 0 aromatic heterocycles. The predicted octanol–water partition coefficient (Wildman–Crippen LogP) is 1.23. The monoisotopic (exact) mass is 438 g/mol. The van der Waals surface area contributed by atoms with Crippen molar-refractivity contribution in [1.29, 1.82) is 0 Å². The highest BCUT2D eigenvalue weighted by molar-refractivity contribution is 6.38. The van der Waals surface area contributed by atoms with E-state index >= 15 is 0 Å². The molecule has 0 saturated heterocycles. The van der Waals surface area contributed by atoms with Gasteiger partial charge in [0, 0.05) is 6.54 Å². The Morgan fingerprint density at radius 1 is 0.875 bits per heavy atom. The summed E-state index contributed by atoms with van der Waals surface area (Å²) in [4.78, 5) is 49.6. The number of nitrogens with one attached hydrogen (secondary N) is 4. The van der Waals surface area contributed by atoms with Crippen LogP contribution in [0.3, 0.4) is 0 Å². The molecule has 3 amide bonds. The highest BCUT2D eigenvalue weighted by atomic mass is 16.2. The number of likely N-dealkylation sites (N-methyl/N-ethyl adjacent to an activating group) is 1. The second-order valence-electron chi connectivity index (χ2n) is 7.29. The molecule has 0 aliphatic carbocycles. The first-order chi connectivity index (χ1) is 15.5. The van der Waals surface area contributed by atoms with Crippen LogP contribution < -0.4 is 21.3 Å². The fourth-order valence-corrected chi connectivity index (χ4v) is 3.15. The summed E-state index contributed by atoms with van der Waals surface area (Å²) in [6, 6.07) is 16.7. The van der Waals surface area contributed by atoms with Gasteiger partial charge in [0.2, 0.25) is 17.6 Å². The molecule has 2 aromatic carbocycles. The zero-order valence-electron chi connectivity index (χ0n) is 18.4. The number of hydrogen-bond donors (Lipinski definition) is 4. The summed E-state index contributed by atoms with van der Waals surface area (Å²) in [7, 11) is 1.61. The molecule has 0 spiro atoms. The Morgan fingerprint density at radius 3 is 2.09 bits per heavy atom. The van der Waals surface area contributed by atoms with E-state index in [0.29, 0.717) is 18.5 Å². The second-order valence-corrected chi connectivity index (χ2v) is 7.29. The molecule has 2 unspecified atom stereocenters. The lowest BCUT2D eigenvalue weighted by Gasteiger charge is -2.19. The van der Waals surface area contributed by atoms with E-state index in [1.165, 1.54) is 0 Å². The van der Waals surface area contributed by atoms with E-state index in [9.17, 15) is 19.2 Å². The molecule has 0 heterocycles. The Bertz CT molecular complexity index is 903. The number of benzene rings is 2. The van der Waals surface area contributed by atoms with Gasteiger partial charge >= 0.3 is 0 Å². The number of rotatable bonds is 12. The van der Waals surface area contributed by atoms with Crippen LogP contribution in [0.25, 0.3) is 0 Å². The minimum atomic E-state index is -0.940. The van der Waals surface area contributed by atoms with Crippen molar-refractivity contribution in [2.24, 2.45) is 0 Å². The molecule has 0 aliphatic rings. The number of Topliss-reactive ketones (excluding diaryl/α,β-unsaturated/α-hetero) is 1. The Kier molecular flexibility index (Phi) is 10.1. The average Bonchev–Trinajstić information content (AvgIpc) is 2.83. The third-order valence-electron chi connectivity index (χ3n) is 4.89. The third kappa shape index (κ3) is 7.63. The summed E-state index contributed by atoms with van der Waals surface area (Å²) in [5, 5.41) is 10.6. The van der Waals surface area contributed by atoms with Crippen molar-refractivity contribution < 1.29 is 19.2 Å². The molecule has 0 bridgehead atoms. The Hall–Kier alpha value is -3.52. The molecule has 2 aromatic rings. The van der Waals surface area contributed by atoms with Gasteiger partial charge in [0.05, 0.1) is 12.6 Å². The fourth-order valence-electron chi connectivity index (χ4n) is 3.15. The van der Waals surface area contributed by atoms with Crippen LogP contribution in [0, 0.1) is 0 Å². The van der Waals surface area contributed by atoms with Crippen molar-refractivity contribution in [3.8, 4) is 0 Å². The quantitative estimate of drug-likeness (QED) is 0.372. The maximum Gasteiger partial charge on any atom is 0.289 e. The van der Waals surface area contributed by atoms with Crippen LogP contribution in [0.5, 0.6) is 0 Å². The zero-order valence-corrected chi connectivity index (χ0v) is 18.4. The van der Waals surface area contributed by atoms with Crippen molar-refractivity contribution in [2.45, 2.75) is 38.4 Å². The van der Waals surface area contributed by atoms with Crippen LogP contribution in [0.4, 0.5) is 0 Å². The van der Waals surface area contributed by atoms with Crippen LogP contribution in [0.1, 0.15) is 36.9 Å². The topological polar surface area (TPSA) is 116 Å². The Labute approximate surface area is 188 Å². The van der Waals surface area contributed by atoms with Gasteiger partial charge in [0.15, 0.2) is 0 Å². The number of carbonyl (C=O) groups excluding carboxylic acids is 4. The molecule has 2 rings (SSSR count). The highest BCUT2D eigenvalue weighted by Gasteiger charge is 2.25. The van der Waals surface area contributed by atoms with E-state index in [2.05, 4.69) is 21.3 Å². The summed E-state index contributed by atoms with van der Waals surface area (Å²) in [5.74, 6) is -2.42. The lowest BCUT2D eigenvalue weighted by Crippen LogP contribution is -2.48. The third-order valence-corrected chi connectivity index (χ3v) is 4.89. The van der Waals surface area contributed by atoms with Crippen LogP contribution in [-0.4, -0.2) is 43.1 Å². The first-order valence-corrected chi connectivity index (χ1v) is 10.6. The molecule has 0 aliphatic heterocycles. The lowest BCUT2D eigenvalue weighted by molar-refractivity contribution is -0.139. The van der Waals surface area contributed by atoms with Gasteiger partial charge in [-0.2, -0.15) is 0 Å². The van der Waals surface area contributed by atoms with Gasteiger partial charge in [-0.1, -0.05) is 74.0 Å². The first-order valence-electron chi connectivity index (χ1n) is 10.6. The molecule has 0 radical (unpaired) electrons. The summed E-state index contributed by atoms with van der Waals surface area (Å²) in [6.45, 7) is 1.81. The SMILES string of the molecule is CCCC(NC)C(=O)C(=O)NCC(=O)NC(C(=O)NCc1ccccc1)c1ccccc1. The minimum Gasteiger partial charge on any atom is -0.350 e. The van der Waals surface area contributed by atoms with E-state index < -0.39 is 36.2 Å². The number of carbonyl (C=O) groups is 4. The van der Waals surface area contributed by atoms with Gasteiger partial charge in [0.25, 0.3) is 5.91 Å². The van der Waals surface area contributed by atoms with Crippen molar-refractivity contribution in [1.82, 2.24) is 21.3 Å².